The van der Waals surface area contributed by atoms with Crippen LogP contribution in [0.3, 0.4) is 0 Å². The third kappa shape index (κ3) is 3.95. The monoisotopic (exact) mass is 232 g/mol. The summed E-state index contributed by atoms with van der Waals surface area (Å²) in [5.74, 6) is 0.308. The molecule has 2 rings (SSSR count). The van der Waals surface area contributed by atoms with Gasteiger partial charge in [0.1, 0.15) is 11.5 Å². The molecule has 0 amide bonds. The topological polar surface area (TPSA) is 92.5 Å². The number of benzene rings is 2. The van der Waals surface area contributed by atoms with Crippen LogP contribution >= 0.6 is 0 Å². The van der Waals surface area contributed by atoms with E-state index in [9.17, 15) is 0 Å². The van der Waals surface area contributed by atoms with Crippen LogP contribution in [0.4, 0.5) is 11.4 Å². The molecule has 0 fully saturated rings. The SMILES string of the molecule is Cc1ccc(N)c(O)c1.Nc1ccccc1O. The van der Waals surface area contributed by atoms with Crippen LogP contribution in [0.2, 0.25) is 0 Å². The Morgan fingerprint density at radius 1 is 0.824 bits per heavy atom. The van der Waals surface area contributed by atoms with Crippen molar-refractivity contribution in [1.29, 1.82) is 0 Å². The van der Waals surface area contributed by atoms with Crippen molar-refractivity contribution >= 4 is 11.4 Å². The van der Waals surface area contributed by atoms with E-state index in [1.807, 2.05) is 13.0 Å². The lowest BCUT2D eigenvalue weighted by molar-refractivity contribution is 0.477. The molecular formula is C13H16N2O2. The maximum absolute atomic E-state index is 8.98. The Kier molecular flexibility index (Phi) is 4.22. The largest absolute Gasteiger partial charge is 0.506 e. The van der Waals surface area contributed by atoms with Gasteiger partial charge in [-0.05, 0) is 36.8 Å². The van der Waals surface area contributed by atoms with Crippen LogP contribution < -0.4 is 11.5 Å². The second-order valence-electron chi connectivity index (χ2n) is 3.62. The molecular weight excluding hydrogens is 216 g/mol. The van der Waals surface area contributed by atoms with E-state index in [-0.39, 0.29) is 11.5 Å². The number of phenolic OH excluding ortho intramolecular Hbond substituents is 2. The van der Waals surface area contributed by atoms with Gasteiger partial charge in [-0.15, -0.1) is 0 Å². The molecule has 0 radical (unpaired) electrons. The number of aryl methyl sites for hydroxylation is 1. The van der Waals surface area contributed by atoms with Gasteiger partial charge < -0.3 is 21.7 Å². The molecule has 0 saturated carbocycles. The Balaban J connectivity index is 0.000000171. The van der Waals surface area contributed by atoms with Gasteiger partial charge in [0.2, 0.25) is 0 Å². The molecule has 0 aliphatic rings. The molecule has 4 nitrogen and oxygen atoms in total. The van der Waals surface area contributed by atoms with Gasteiger partial charge in [0.25, 0.3) is 0 Å². The molecule has 0 spiro atoms. The molecule has 6 N–H and O–H groups in total. The van der Waals surface area contributed by atoms with Crippen LogP contribution in [0, 0.1) is 6.92 Å². The van der Waals surface area contributed by atoms with Gasteiger partial charge in [0, 0.05) is 0 Å². The molecule has 0 bridgehead atoms. The third-order valence-electron chi connectivity index (χ3n) is 2.12. The van der Waals surface area contributed by atoms with Gasteiger partial charge in [0.05, 0.1) is 11.4 Å². The first kappa shape index (κ1) is 12.7. The van der Waals surface area contributed by atoms with Crippen molar-refractivity contribution in [2.75, 3.05) is 11.5 Å². The lowest BCUT2D eigenvalue weighted by atomic mass is 10.2. The fraction of sp³-hybridized carbons (Fsp3) is 0.0769. The Morgan fingerprint density at radius 2 is 1.41 bits per heavy atom. The van der Waals surface area contributed by atoms with Gasteiger partial charge >= 0.3 is 0 Å². The van der Waals surface area contributed by atoms with E-state index < -0.39 is 0 Å². The highest BCUT2D eigenvalue weighted by Crippen LogP contribution is 2.19. The minimum atomic E-state index is 0.146. The van der Waals surface area contributed by atoms with Crippen molar-refractivity contribution in [2.24, 2.45) is 0 Å². The van der Waals surface area contributed by atoms with Crippen molar-refractivity contribution in [3.63, 3.8) is 0 Å². The average molecular weight is 232 g/mol. The molecule has 17 heavy (non-hydrogen) atoms. The number of aromatic hydroxyl groups is 2. The van der Waals surface area contributed by atoms with Crippen molar-refractivity contribution in [1.82, 2.24) is 0 Å². The summed E-state index contributed by atoms with van der Waals surface area (Å²) in [6.07, 6.45) is 0. The number of anilines is 2. The van der Waals surface area contributed by atoms with Crippen LogP contribution in [-0.4, -0.2) is 10.2 Å². The predicted molar refractivity (Wildman–Crippen MR) is 69.8 cm³/mol. The third-order valence-corrected chi connectivity index (χ3v) is 2.12. The van der Waals surface area contributed by atoms with E-state index in [2.05, 4.69) is 0 Å². The van der Waals surface area contributed by atoms with Gasteiger partial charge in [0.15, 0.2) is 0 Å². The van der Waals surface area contributed by atoms with Gasteiger partial charge in [-0.2, -0.15) is 0 Å². The molecule has 90 valence electrons. The summed E-state index contributed by atoms with van der Waals surface area (Å²) in [4.78, 5) is 0. The summed E-state index contributed by atoms with van der Waals surface area (Å²) in [5, 5.41) is 17.8. The maximum Gasteiger partial charge on any atom is 0.138 e. The van der Waals surface area contributed by atoms with Gasteiger partial charge in [-0.1, -0.05) is 18.2 Å². The Hall–Kier alpha value is -2.36. The van der Waals surface area contributed by atoms with Crippen molar-refractivity contribution in [3.8, 4) is 11.5 Å². The second kappa shape index (κ2) is 5.65. The molecule has 0 aliphatic heterocycles. The first-order valence-corrected chi connectivity index (χ1v) is 5.09. The molecule has 4 heteroatoms. The number of hydrogen-bond acceptors (Lipinski definition) is 4. The fourth-order valence-electron chi connectivity index (χ4n) is 1.14. The Morgan fingerprint density at radius 3 is 1.82 bits per heavy atom. The summed E-state index contributed by atoms with van der Waals surface area (Å²) in [7, 11) is 0. The summed E-state index contributed by atoms with van der Waals surface area (Å²) in [6, 6.07) is 11.9. The average Bonchev–Trinajstić information content (AvgIpc) is 2.29. The van der Waals surface area contributed by atoms with Gasteiger partial charge in [-0.3, -0.25) is 0 Å². The molecule has 0 saturated heterocycles. The minimum Gasteiger partial charge on any atom is -0.506 e. The van der Waals surface area contributed by atoms with Crippen LogP contribution in [0.15, 0.2) is 42.5 Å². The lowest BCUT2D eigenvalue weighted by Gasteiger charge is -1.97. The van der Waals surface area contributed by atoms with E-state index in [1.165, 1.54) is 0 Å². The van der Waals surface area contributed by atoms with E-state index in [0.29, 0.717) is 11.4 Å². The van der Waals surface area contributed by atoms with E-state index in [4.69, 9.17) is 21.7 Å². The number of rotatable bonds is 0. The van der Waals surface area contributed by atoms with Crippen LogP contribution in [-0.2, 0) is 0 Å². The molecule has 0 atom stereocenters. The first-order chi connectivity index (χ1) is 8.00. The fourth-order valence-corrected chi connectivity index (χ4v) is 1.14. The Bertz CT molecular complexity index is 478. The van der Waals surface area contributed by atoms with Crippen molar-refractivity contribution in [2.45, 2.75) is 6.92 Å². The van der Waals surface area contributed by atoms with Crippen LogP contribution in [0.5, 0.6) is 11.5 Å². The zero-order chi connectivity index (χ0) is 12.8. The summed E-state index contributed by atoms with van der Waals surface area (Å²) in [5.41, 5.74) is 12.5. The molecule has 0 unspecified atom stereocenters. The first-order valence-electron chi connectivity index (χ1n) is 5.09. The summed E-state index contributed by atoms with van der Waals surface area (Å²) in [6.45, 7) is 1.90. The zero-order valence-electron chi connectivity index (χ0n) is 9.59. The number of para-hydroxylation sites is 2. The van der Waals surface area contributed by atoms with E-state index >= 15 is 0 Å². The molecule has 2 aromatic rings. The smallest absolute Gasteiger partial charge is 0.138 e. The van der Waals surface area contributed by atoms with Crippen molar-refractivity contribution in [3.05, 3.63) is 48.0 Å². The van der Waals surface area contributed by atoms with Crippen LogP contribution in [0.1, 0.15) is 5.56 Å². The zero-order valence-corrected chi connectivity index (χ0v) is 9.59. The molecule has 0 aliphatic carbocycles. The highest BCUT2D eigenvalue weighted by atomic mass is 16.3. The molecule has 2 aromatic carbocycles. The lowest BCUT2D eigenvalue weighted by Crippen LogP contribution is -1.84. The normalized spacial score (nSPS) is 9.24. The molecule has 0 aromatic heterocycles. The van der Waals surface area contributed by atoms with E-state index in [1.54, 1.807) is 36.4 Å². The van der Waals surface area contributed by atoms with Gasteiger partial charge in [-0.25, -0.2) is 0 Å². The van der Waals surface area contributed by atoms with Crippen LogP contribution in [0.25, 0.3) is 0 Å². The minimum absolute atomic E-state index is 0.146. The quantitative estimate of drug-likeness (QED) is 0.414. The number of phenols is 2. The number of nitrogen functional groups attached to an aromatic ring is 2. The highest BCUT2D eigenvalue weighted by Gasteiger charge is 1.92. The predicted octanol–water partition coefficient (Wildman–Crippen LogP) is 2.26. The molecule has 0 heterocycles. The van der Waals surface area contributed by atoms with Crippen molar-refractivity contribution < 1.29 is 10.2 Å². The second-order valence-corrected chi connectivity index (χ2v) is 3.62. The maximum atomic E-state index is 8.98. The highest BCUT2D eigenvalue weighted by molar-refractivity contribution is 5.52. The Labute approximate surface area is 100 Å². The number of nitrogens with two attached hydrogens (primary N) is 2. The number of hydrogen-bond donors (Lipinski definition) is 4. The van der Waals surface area contributed by atoms with E-state index in [0.717, 1.165) is 5.56 Å². The standard InChI is InChI=1S/C7H9NO.C6H7NO/c1-5-2-3-6(8)7(9)4-5;7-5-3-1-2-4-6(5)8/h2-4,9H,8H2,1H3;1-4,8H,7H2. The summed E-state index contributed by atoms with van der Waals surface area (Å²) < 4.78 is 0. The summed E-state index contributed by atoms with van der Waals surface area (Å²) >= 11 is 0.